The van der Waals surface area contributed by atoms with Gasteiger partial charge >= 0.3 is 6.01 Å². The van der Waals surface area contributed by atoms with Crippen molar-refractivity contribution in [1.82, 2.24) is 15.1 Å². The number of aryl methyl sites for hydroxylation is 1. The molecule has 0 bridgehead atoms. The van der Waals surface area contributed by atoms with Gasteiger partial charge in [0.05, 0.1) is 0 Å². The van der Waals surface area contributed by atoms with Crippen LogP contribution < -0.4 is 10.9 Å². The summed E-state index contributed by atoms with van der Waals surface area (Å²) in [6.45, 7) is 1.63. The van der Waals surface area contributed by atoms with Crippen LogP contribution in [0.5, 0.6) is 0 Å². The lowest BCUT2D eigenvalue weighted by Crippen LogP contribution is -2.18. The molecule has 2 N–H and O–H groups in total. The second-order valence-electron chi connectivity index (χ2n) is 3.03. The number of nitrogens with zero attached hydrogens (tertiary/aromatic N) is 2. The highest BCUT2D eigenvalue weighted by atomic mass is 16.5. The fraction of sp³-hybridized carbons (Fsp3) is 0.111. The van der Waals surface area contributed by atoms with Crippen molar-refractivity contribution in [2.75, 3.05) is 5.32 Å². The maximum atomic E-state index is 11.6. The number of carbonyl (C=O) groups excluding carboxylic acids is 1. The van der Waals surface area contributed by atoms with Gasteiger partial charge in [0.15, 0.2) is 5.82 Å². The van der Waals surface area contributed by atoms with Crippen LogP contribution in [-0.4, -0.2) is 21.0 Å². The zero-order valence-electron chi connectivity index (χ0n) is 8.35. The third kappa shape index (κ3) is 2.14. The van der Waals surface area contributed by atoms with Crippen molar-refractivity contribution in [2.45, 2.75) is 6.92 Å². The van der Waals surface area contributed by atoms with E-state index in [1.807, 2.05) is 0 Å². The Morgan fingerprint density at radius 2 is 2.31 bits per heavy atom. The van der Waals surface area contributed by atoms with Crippen molar-refractivity contribution in [1.29, 1.82) is 0 Å². The molecule has 0 saturated heterocycles. The summed E-state index contributed by atoms with van der Waals surface area (Å²) in [6, 6.07) is 4.26. The lowest BCUT2D eigenvalue weighted by molar-refractivity contribution is 0.101. The molecule has 0 aliphatic rings. The van der Waals surface area contributed by atoms with Gasteiger partial charge in [0.25, 0.3) is 5.91 Å². The number of hydrogen-bond acceptors (Lipinski definition) is 5. The first-order valence-corrected chi connectivity index (χ1v) is 4.46. The Bertz CT molecular complexity index is 572. The summed E-state index contributed by atoms with van der Waals surface area (Å²) in [7, 11) is 0. The Kier molecular flexibility index (Phi) is 2.50. The summed E-state index contributed by atoms with van der Waals surface area (Å²) < 4.78 is 4.70. The van der Waals surface area contributed by atoms with Crippen molar-refractivity contribution < 1.29 is 9.32 Å². The molecule has 0 unspecified atom stereocenters. The van der Waals surface area contributed by atoms with E-state index in [2.05, 4.69) is 20.4 Å². The van der Waals surface area contributed by atoms with Crippen LogP contribution in [0.25, 0.3) is 0 Å². The third-order valence-corrected chi connectivity index (χ3v) is 1.76. The molecule has 2 heterocycles. The Morgan fingerprint density at radius 1 is 1.50 bits per heavy atom. The zero-order chi connectivity index (χ0) is 11.5. The average Bonchev–Trinajstić information content (AvgIpc) is 2.64. The van der Waals surface area contributed by atoms with Crippen LogP contribution in [0, 0.1) is 6.92 Å². The summed E-state index contributed by atoms with van der Waals surface area (Å²) in [5, 5.41) is 5.87. The van der Waals surface area contributed by atoms with Crippen LogP contribution in [0.3, 0.4) is 0 Å². The van der Waals surface area contributed by atoms with Crippen LogP contribution in [0.2, 0.25) is 0 Å². The molecular weight excluding hydrogens is 212 g/mol. The lowest BCUT2D eigenvalue weighted by atomic mass is 10.3. The largest absolute Gasteiger partial charge is 0.328 e. The second-order valence-corrected chi connectivity index (χ2v) is 3.03. The number of nitrogens with one attached hydrogen (secondary N) is 2. The highest BCUT2D eigenvalue weighted by Crippen LogP contribution is 2.03. The maximum absolute atomic E-state index is 11.6. The van der Waals surface area contributed by atoms with Gasteiger partial charge < -0.3 is 9.51 Å². The number of aromatic nitrogens is 3. The van der Waals surface area contributed by atoms with Gasteiger partial charge in [0.2, 0.25) is 5.56 Å². The molecule has 82 valence electrons. The van der Waals surface area contributed by atoms with E-state index in [1.54, 1.807) is 6.92 Å². The van der Waals surface area contributed by atoms with E-state index in [-0.39, 0.29) is 17.3 Å². The van der Waals surface area contributed by atoms with E-state index in [0.29, 0.717) is 5.82 Å². The fourth-order valence-electron chi connectivity index (χ4n) is 1.09. The highest BCUT2D eigenvalue weighted by molar-refractivity contribution is 6.01. The molecule has 7 nitrogen and oxygen atoms in total. The monoisotopic (exact) mass is 220 g/mol. The Morgan fingerprint density at radius 3 is 2.94 bits per heavy atom. The first kappa shape index (κ1) is 10.1. The third-order valence-electron chi connectivity index (χ3n) is 1.76. The molecule has 0 spiro atoms. The summed E-state index contributed by atoms with van der Waals surface area (Å²) in [5.74, 6) is -0.0989. The fourth-order valence-corrected chi connectivity index (χ4v) is 1.09. The molecule has 0 fully saturated rings. The van der Waals surface area contributed by atoms with E-state index in [9.17, 15) is 9.59 Å². The molecule has 2 aromatic heterocycles. The quantitative estimate of drug-likeness (QED) is 0.758. The second kappa shape index (κ2) is 3.97. The SMILES string of the molecule is Cc1noc(NC(=O)c2cccc(=O)[nH]2)n1. The number of anilines is 1. The lowest BCUT2D eigenvalue weighted by Gasteiger charge is -1.98. The number of carbonyl (C=O) groups is 1. The molecule has 0 saturated carbocycles. The minimum absolute atomic E-state index is 0.00722. The summed E-state index contributed by atoms with van der Waals surface area (Å²) >= 11 is 0. The van der Waals surface area contributed by atoms with Crippen LogP contribution in [0.1, 0.15) is 16.3 Å². The Hall–Kier alpha value is -2.44. The van der Waals surface area contributed by atoms with Crippen molar-refractivity contribution in [2.24, 2.45) is 0 Å². The van der Waals surface area contributed by atoms with Crippen LogP contribution in [0.15, 0.2) is 27.5 Å². The summed E-state index contributed by atoms with van der Waals surface area (Å²) in [4.78, 5) is 28.7. The van der Waals surface area contributed by atoms with E-state index in [1.165, 1.54) is 18.2 Å². The molecule has 2 rings (SSSR count). The summed E-state index contributed by atoms with van der Waals surface area (Å²) in [5.41, 5.74) is -0.224. The van der Waals surface area contributed by atoms with Gasteiger partial charge in [-0.05, 0) is 13.0 Å². The predicted octanol–water partition coefficient (Wildman–Crippen LogP) is 0.319. The van der Waals surface area contributed by atoms with Gasteiger partial charge in [-0.25, -0.2) is 0 Å². The number of amides is 1. The van der Waals surface area contributed by atoms with Gasteiger partial charge in [0.1, 0.15) is 5.69 Å². The van der Waals surface area contributed by atoms with Crippen molar-refractivity contribution in [3.05, 3.63) is 40.1 Å². The standard InChI is InChI=1S/C9H8N4O3/c1-5-10-9(16-13-5)12-8(15)6-3-2-4-7(14)11-6/h2-4H,1H3,(H,11,14)(H,10,12,13,15). The smallest absolute Gasteiger partial charge is 0.318 e. The molecule has 1 amide bonds. The van der Waals surface area contributed by atoms with Gasteiger partial charge in [0, 0.05) is 6.07 Å². The van der Waals surface area contributed by atoms with Gasteiger partial charge in [-0.15, -0.1) is 0 Å². The van der Waals surface area contributed by atoms with Crippen LogP contribution >= 0.6 is 0 Å². The number of aromatic amines is 1. The molecule has 2 aromatic rings. The van der Waals surface area contributed by atoms with E-state index in [0.717, 1.165) is 0 Å². The van der Waals surface area contributed by atoms with Gasteiger partial charge in [-0.3, -0.25) is 14.9 Å². The first-order chi connectivity index (χ1) is 7.65. The predicted molar refractivity (Wildman–Crippen MR) is 54.1 cm³/mol. The molecule has 16 heavy (non-hydrogen) atoms. The molecule has 0 aliphatic carbocycles. The average molecular weight is 220 g/mol. The maximum Gasteiger partial charge on any atom is 0.328 e. The number of rotatable bonds is 2. The van der Waals surface area contributed by atoms with E-state index < -0.39 is 5.91 Å². The molecule has 0 aliphatic heterocycles. The summed E-state index contributed by atoms with van der Waals surface area (Å²) in [6.07, 6.45) is 0. The van der Waals surface area contributed by atoms with E-state index in [4.69, 9.17) is 4.52 Å². The minimum Gasteiger partial charge on any atom is -0.318 e. The van der Waals surface area contributed by atoms with Gasteiger partial charge in [-0.1, -0.05) is 11.2 Å². The normalized spacial score (nSPS) is 10.1. The minimum atomic E-state index is -0.513. The van der Waals surface area contributed by atoms with Crippen molar-refractivity contribution in [3.8, 4) is 0 Å². The zero-order valence-corrected chi connectivity index (χ0v) is 8.35. The Balaban J connectivity index is 2.17. The topological polar surface area (TPSA) is 101 Å². The number of hydrogen-bond donors (Lipinski definition) is 2. The Labute approximate surface area is 89.5 Å². The first-order valence-electron chi connectivity index (χ1n) is 4.46. The van der Waals surface area contributed by atoms with Gasteiger partial charge in [-0.2, -0.15) is 4.98 Å². The molecule has 0 radical (unpaired) electrons. The van der Waals surface area contributed by atoms with Crippen LogP contribution in [-0.2, 0) is 0 Å². The number of H-pyrrole nitrogens is 1. The number of pyridine rings is 1. The van der Waals surface area contributed by atoms with Crippen molar-refractivity contribution in [3.63, 3.8) is 0 Å². The molecule has 0 atom stereocenters. The molecular formula is C9H8N4O3. The van der Waals surface area contributed by atoms with Crippen molar-refractivity contribution >= 4 is 11.9 Å². The molecule has 7 heteroatoms. The van der Waals surface area contributed by atoms with Crippen LogP contribution in [0.4, 0.5) is 6.01 Å². The highest BCUT2D eigenvalue weighted by Gasteiger charge is 2.10. The van der Waals surface area contributed by atoms with E-state index >= 15 is 0 Å². The molecule has 0 aromatic carbocycles.